The summed E-state index contributed by atoms with van der Waals surface area (Å²) in [5.41, 5.74) is 0.777. The van der Waals surface area contributed by atoms with Crippen molar-refractivity contribution in [1.29, 1.82) is 0 Å². The molecule has 1 aromatic carbocycles. The maximum Gasteiger partial charge on any atom is 0.251 e. The fourth-order valence-corrected chi connectivity index (χ4v) is 4.20. The Labute approximate surface area is 149 Å². The molecule has 5 nitrogen and oxygen atoms in total. The van der Waals surface area contributed by atoms with Crippen LogP contribution in [0.3, 0.4) is 0 Å². The number of amides is 1. The van der Waals surface area contributed by atoms with Crippen molar-refractivity contribution in [1.82, 2.24) is 4.90 Å². The number of anilines is 1. The van der Waals surface area contributed by atoms with Gasteiger partial charge in [-0.05, 0) is 50.8 Å². The fraction of sp³-hybridized carbons (Fsp3) is 0.650. The molecule has 2 aliphatic heterocycles. The molecule has 2 heterocycles. The molecule has 1 spiro atoms. The number of nitrogens with zero attached hydrogens (tertiary/aromatic N) is 1. The maximum absolute atomic E-state index is 12.6. The highest BCUT2D eigenvalue weighted by Crippen LogP contribution is 2.46. The van der Waals surface area contributed by atoms with Crippen LogP contribution in [-0.4, -0.2) is 35.7 Å². The summed E-state index contributed by atoms with van der Waals surface area (Å²) in [6.45, 7) is 6.22. The second-order valence-electron chi connectivity index (χ2n) is 7.89. The number of hydrogen-bond donors (Lipinski definition) is 1. The molecule has 1 aromatic rings. The predicted molar refractivity (Wildman–Crippen MR) is 97.0 cm³/mol. The van der Waals surface area contributed by atoms with E-state index in [9.17, 15) is 4.79 Å². The third-order valence-electron chi connectivity index (χ3n) is 5.80. The normalized spacial score (nSPS) is 25.9. The SMILES string of the molecule is CC1CCN(C(C)C(=O)Nc2ccc3c(c2)OC2(CCCCC2)O3)C1. The summed E-state index contributed by atoms with van der Waals surface area (Å²) in [5.74, 6) is 1.79. The Morgan fingerprint density at radius 2 is 2.00 bits per heavy atom. The van der Waals surface area contributed by atoms with Crippen molar-refractivity contribution in [3.05, 3.63) is 18.2 Å². The molecule has 1 aliphatic carbocycles. The third kappa shape index (κ3) is 3.34. The zero-order valence-electron chi connectivity index (χ0n) is 15.2. The van der Waals surface area contributed by atoms with Crippen molar-refractivity contribution in [3.63, 3.8) is 0 Å². The monoisotopic (exact) mass is 344 g/mol. The van der Waals surface area contributed by atoms with E-state index in [4.69, 9.17) is 9.47 Å². The molecule has 0 aromatic heterocycles. The van der Waals surface area contributed by atoms with E-state index in [1.807, 2.05) is 25.1 Å². The fourth-order valence-electron chi connectivity index (χ4n) is 4.20. The van der Waals surface area contributed by atoms with Crippen LogP contribution >= 0.6 is 0 Å². The topological polar surface area (TPSA) is 50.8 Å². The summed E-state index contributed by atoms with van der Waals surface area (Å²) >= 11 is 0. The summed E-state index contributed by atoms with van der Waals surface area (Å²) in [6.07, 6.45) is 6.58. The minimum absolute atomic E-state index is 0.0420. The van der Waals surface area contributed by atoms with Gasteiger partial charge in [-0.15, -0.1) is 0 Å². The highest BCUT2D eigenvalue weighted by molar-refractivity contribution is 5.94. The van der Waals surface area contributed by atoms with Gasteiger partial charge in [0.05, 0.1) is 6.04 Å². The van der Waals surface area contributed by atoms with Crippen molar-refractivity contribution in [2.75, 3.05) is 18.4 Å². The van der Waals surface area contributed by atoms with Crippen LogP contribution in [0.5, 0.6) is 11.5 Å². The number of hydrogen-bond acceptors (Lipinski definition) is 4. The molecule has 5 heteroatoms. The zero-order valence-corrected chi connectivity index (χ0v) is 15.2. The number of rotatable bonds is 3. The van der Waals surface area contributed by atoms with E-state index >= 15 is 0 Å². The van der Waals surface area contributed by atoms with Gasteiger partial charge in [0, 0.05) is 31.1 Å². The minimum atomic E-state index is -0.470. The minimum Gasteiger partial charge on any atom is -0.448 e. The number of ether oxygens (including phenoxy) is 2. The number of nitrogens with one attached hydrogen (secondary N) is 1. The van der Waals surface area contributed by atoms with Crippen molar-refractivity contribution in [2.45, 2.75) is 64.2 Å². The molecule has 1 amide bonds. The van der Waals surface area contributed by atoms with Crippen LogP contribution < -0.4 is 14.8 Å². The molecule has 136 valence electrons. The maximum atomic E-state index is 12.6. The molecule has 4 rings (SSSR count). The Kier molecular flexibility index (Phi) is 4.36. The van der Waals surface area contributed by atoms with Gasteiger partial charge < -0.3 is 14.8 Å². The van der Waals surface area contributed by atoms with Gasteiger partial charge in [0.2, 0.25) is 5.91 Å². The second-order valence-corrected chi connectivity index (χ2v) is 7.89. The van der Waals surface area contributed by atoms with Gasteiger partial charge >= 0.3 is 0 Å². The summed E-state index contributed by atoms with van der Waals surface area (Å²) in [5, 5.41) is 3.04. The van der Waals surface area contributed by atoms with Gasteiger partial charge in [-0.25, -0.2) is 0 Å². The van der Waals surface area contributed by atoms with E-state index in [1.165, 1.54) is 12.8 Å². The second kappa shape index (κ2) is 6.52. The van der Waals surface area contributed by atoms with Crippen LogP contribution in [0.15, 0.2) is 18.2 Å². The molecule has 25 heavy (non-hydrogen) atoms. The number of benzene rings is 1. The lowest BCUT2D eigenvalue weighted by Gasteiger charge is -2.31. The van der Waals surface area contributed by atoms with Crippen molar-refractivity contribution >= 4 is 11.6 Å². The number of carbonyl (C=O) groups is 1. The van der Waals surface area contributed by atoms with Gasteiger partial charge in [0.15, 0.2) is 11.5 Å². The zero-order chi connectivity index (χ0) is 17.4. The molecule has 0 radical (unpaired) electrons. The first-order chi connectivity index (χ1) is 12.0. The standard InChI is InChI=1S/C20H28N2O3/c1-14-8-11-22(13-14)15(2)19(23)21-16-6-7-17-18(12-16)25-20(24-17)9-4-3-5-10-20/h6-7,12,14-15H,3-5,8-11,13H2,1-2H3,(H,21,23). The van der Waals surface area contributed by atoms with Crippen LogP contribution in [0.2, 0.25) is 0 Å². The van der Waals surface area contributed by atoms with Crippen molar-refractivity contribution in [3.8, 4) is 11.5 Å². The Bertz CT molecular complexity index is 654. The summed E-state index contributed by atoms with van der Waals surface area (Å²) in [7, 11) is 0. The lowest BCUT2D eigenvalue weighted by molar-refractivity contribution is -0.120. The highest BCUT2D eigenvalue weighted by atomic mass is 16.7. The van der Waals surface area contributed by atoms with Crippen molar-refractivity contribution in [2.24, 2.45) is 5.92 Å². The lowest BCUT2D eigenvalue weighted by atomic mass is 9.94. The quantitative estimate of drug-likeness (QED) is 0.906. The molecule has 1 saturated carbocycles. The molecule has 2 atom stereocenters. The smallest absolute Gasteiger partial charge is 0.251 e. The van der Waals surface area contributed by atoms with Gasteiger partial charge in [0.1, 0.15) is 0 Å². The average Bonchev–Trinajstić information content (AvgIpc) is 3.17. The first kappa shape index (κ1) is 16.7. The summed E-state index contributed by atoms with van der Waals surface area (Å²) < 4.78 is 12.2. The summed E-state index contributed by atoms with van der Waals surface area (Å²) in [6, 6.07) is 5.61. The first-order valence-corrected chi connectivity index (χ1v) is 9.62. The Morgan fingerprint density at radius 3 is 2.72 bits per heavy atom. The number of carbonyl (C=O) groups excluding carboxylic acids is 1. The first-order valence-electron chi connectivity index (χ1n) is 9.62. The van der Waals surface area contributed by atoms with E-state index in [-0.39, 0.29) is 11.9 Å². The Hall–Kier alpha value is -1.75. The lowest BCUT2D eigenvalue weighted by Crippen LogP contribution is -2.40. The van der Waals surface area contributed by atoms with E-state index in [1.54, 1.807) is 0 Å². The van der Waals surface area contributed by atoms with Crippen LogP contribution in [0, 0.1) is 5.92 Å². The third-order valence-corrected chi connectivity index (χ3v) is 5.80. The summed E-state index contributed by atoms with van der Waals surface area (Å²) in [4.78, 5) is 14.8. The van der Waals surface area contributed by atoms with Crippen LogP contribution in [-0.2, 0) is 4.79 Å². The van der Waals surface area contributed by atoms with Gasteiger partial charge in [0.25, 0.3) is 5.79 Å². The van der Waals surface area contributed by atoms with E-state index in [0.29, 0.717) is 5.92 Å². The number of fused-ring (bicyclic) bond motifs is 1. The molecular weight excluding hydrogens is 316 g/mol. The highest BCUT2D eigenvalue weighted by Gasteiger charge is 2.42. The molecule has 2 unspecified atom stereocenters. The molecule has 1 saturated heterocycles. The Morgan fingerprint density at radius 1 is 1.24 bits per heavy atom. The van der Waals surface area contributed by atoms with Crippen molar-refractivity contribution < 1.29 is 14.3 Å². The number of likely N-dealkylation sites (tertiary alicyclic amines) is 1. The molecule has 0 bridgehead atoms. The molecule has 3 aliphatic rings. The van der Waals surface area contributed by atoms with E-state index in [0.717, 1.165) is 56.0 Å². The van der Waals surface area contributed by atoms with Crippen LogP contribution in [0.4, 0.5) is 5.69 Å². The predicted octanol–water partition coefficient (Wildman–Crippen LogP) is 3.79. The van der Waals surface area contributed by atoms with Crippen LogP contribution in [0.25, 0.3) is 0 Å². The van der Waals surface area contributed by atoms with E-state index in [2.05, 4.69) is 17.1 Å². The molecule has 1 N–H and O–H groups in total. The average molecular weight is 344 g/mol. The van der Waals surface area contributed by atoms with E-state index < -0.39 is 5.79 Å². The molecule has 2 fully saturated rings. The van der Waals surface area contributed by atoms with Gasteiger partial charge in [-0.3, -0.25) is 9.69 Å². The molecular formula is C20H28N2O3. The Balaban J connectivity index is 1.41. The largest absolute Gasteiger partial charge is 0.448 e. The van der Waals surface area contributed by atoms with Gasteiger partial charge in [-0.2, -0.15) is 0 Å². The van der Waals surface area contributed by atoms with Crippen LogP contribution in [0.1, 0.15) is 52.4 Å². The van der Waals surface area contributed by atoms with Gasteiger partial charge in [-0.1, -0.05) is 13.3 Å².